The van der Waals surface area contributed by atoms with Gasteiger partial charge < -0.3 is 4.74 Å². The molecule has 2 nitrogen and oxygen atoms in total. The molecule has 0 saturated heterocycles. The van der Waals surface area contributed by atoms with Gasteiger partial charge in [0.2, 0.25) is 0 Å². The molecule has 2 aromatic carbocycles. The molecule has 0 aliphatic rings. The highest BCUT2D eigenvalue weighted by Crippen LogP contribution is 2.36. The van der Waals surface area contributed by atoms with Crippen LogP contribution in [0.15, 0.2) is 48.5 Å². The SMILES string of the molecule is CCc1ccc(C(C)(CCC(=O)OC)c2ccc(C)cc2)cc1. The molecule has 0 bridgehead atoms. The molecule has 0 radical (unpaired) electrons. The van der Waals surface area contributed by atoms with Crippen molar-refractivity contribution in [3.63, 3.8) is 0 Å². The Balaban J connectivity index is 2.40. The Morgan fingerprint density at radius 2 is 1.52 bits per heavy atom. The third-order valence-corrected chi connectivity index (χ3v) is 4.74. The van der Waals surface area contributed by atoms with Crippen molar-refractivity contribution in [2.45, 2.75) is 45.4 Å². The van der Waals surface area contributed by atoms with Crippen LogP contribution in [0.25, 0.3) is 0 Å². The van der Waals surface area contributed by atoms with Crippen molar-refractivity contribution >= 4 is 5.97 Å². The molecule has 2 heteroatoms. The summed E-state index contributed by atoms with van der Waals surface area (Å²) in [6.45, 7) is 6.46. The van der Waals surface area contributed by atoms with Crippen LogP contribution in [-0.4, -0.2) is 13.1 Å². The molecule has 122 valence electrons. The number of methoxy groups -OCH3 is 1. The van der Waals surface area contributed by atoms with E-state index in [1.165, 1.54) is 29.4 Å². The van der Waals surface area contributed by atoms with E-state index in [2.05, 4.69) is 69.3 Å². The molecule has 0 spiro atoms. The first kappa shape index (κ1) is 17.3. The van der Waals surface area contributed by atoms with Gasteiger partial charge in [-0.15, -0.1) is 0 Å². The van der Waals surface area contributed by atoms with E-state index in [-0.39, 0.29) is 11.4 Å². The van der Waals surface area contributed by atoms with Crippen LogP contribution in [0, 0.1) is 6.92 Å². The molecule has 1 unspecified atom stereocenters. The van der Waals surface area contributed by atoms with Crippen molar-refractivity contribution in [2.75, 3.05) is 7.11 Å². The Kier molecular flexibility index (Phi) is 5.59. The first-order valence-corrected chi connectivity index (χ1v) is 8.23. The molecule has 0 aliphatic carbocycles. The number of carbonyl (C=O) groups excluding carboxylic acids is 1. The first-order valence-electron chi connectivity index (χ1n) is 8.23. The van der Waals surface area contributed by atoms with E-state index in [9.17, 15) is 4.79 Å². The van der Waals surface area contributed by atoms with Crippen molar-refractivity contribution in [3.05, 3.63) is 70.8 Å². The van der Waals surface area contributed by atoms with Crippen molar-refractivity contribution < 1.29 is 9.53 Å². The third kappa shape index (κ3) is 4.01. The molecular weight excluding hydrogens is 284 g/mol. The van der Waals surface area contributed by atoms with Crippen LogP contribution in [0.1, 0.15) is 48.9 Å². The maximum absolute atomic E-state index is 11.7. The quantitative estimate of drug-likeness (QED) is 0.715. The summed E-state index contributed by atoms with van der Waals surface area (Å²) in [4.78, 5) is 11.7. The van der Waals surface area contributed by atoms with Crippen molar-refractivity contribution in [1.29, 1.82) is 0 Å². The van der Waals surface area contributed by atoms with Crippen molar-refractivity contribution in [1.82, 2.24) is 0 Å². The van der Waals surface area contributed by atoms with Gasteiger partial charge in [0.05, 0.1) is 7.11 Å². The molecule has 0 amide bonds. The second kappa shape index (κ2) is 7.45. The van der Waals surface area contributed by atoms with Crippen LogP contribution in [0.2, 0.25) is 0 Å². The van der Waals surface area contributed by atoms with E-state index in [1.807, 2.05) is 0 Å². The molecule has 1 atom stereocenters. The minimum atomic E-state index is -0.200. The maximum Gasteiger partial charge on any atom is 0.305 e. The Morgan fingerprint density at radius 1 is 1.00 bits per heavy atom. The molecule has 2 rings (SSSR count). The maximum atomic E-state index is 11.7. The summed E-state index contributed by atoms with van der Waals surface area (Å²) in [6.07, 6.45) is 2.17. The monoisotopic (exact) mass is 310 g/mol. The fourth-order valence-corrected chi connectivity index (χ4v) is 2.94. The van der Waals surface area contributed by atoms with Crippen LogP contribution >= 0.6 is 0 Å². The van der Waals surface area contributed by atoms with Crippen molar-refractivity contribution in [2.24, 2.45) is 0 Å². The lowest BCUT2D eigenvalue weighted by Crippen LogP contribution is -2.25. The summed E-state index contributed by atoms with van der Waals surface area (Å²) in [5, 5.41) is 0. The summed E-state index contributed by atoms with van der Waals surface area (Å²) in [5.41, 5.74) is 4.84. The molecule has 0 aromatic heterocycles. The molecule has 2 aromatic rings. The van der Waals surface area contributed by atoms with Gasteiger partial charge in [-0.25, -0.2) is 0 Å². The fraction of sp³-hybridized carbons (Fsp3) is 0.381. The number of rotatable bonds is 6. The summed E-state index contributed by atoms with van der Waals surface area (Å²) in [6, 6.07) is 17.3. The average Bonchev–Trinajstić information content (AvgIpc) is 2.60. The van der Waals surface area contributed by atoms with E-state index in [0.29, 0.717) is 6.42 Å². The van der Waals surface area contributed by atoms with Crippen LogP contribution in [0.3, 0.4) is 0 Å². The normalized spacial score (nSPS) is 13.4. The van der Waals surface area contributed by atoms with Gasteiger partial charge in [0.25, 0.3) is 0 Å². The van der Waals surface area contributed by atoms with Gasteiger partial charge >= 0.3 is 5.97 Å². The molecule has 0 fully saturated rings. The van der Waals surface area contributed by atoms with E-state index in [0.717, 1.165) is 12.8 Å². The number of benzene rings is 2. The zero-order chi connectivity index (χ0) is 16.9. The summed E-state index contributed by atoms with van der Waals surface area (Å²) in [7, 11) is 1.45. The summed E-state index contributed by atoms with van der Waals surface area (Å²) in [5.74, 6) is -0.159. The van der Waals surface area contributed by atoms with Crippen LogP contribution in [-0.2, 0) is 21.4 Å². The Bertz CT molecular complexity index is 641. The van der Waals surface area contributed by atoms with Crippen molar-refractivity contribution in [3.8, 4) is 0 Å². The predicted molar refractivity (Wildman–Crippen MR) is 94.7 cm³/mol. The summed E-state index contributed by atoms with van der Waals surface area (Å²) < 4.78 is 4.83. The average molecular weight is 310 g/mol. The predicted octanol–water partition coefficient (Wildman–Crippen LogP) is 4.82. The standard InChI is InChI=1S/C21H26O2/c1-5-17-8-12-19(13-9-17)21(3,15-14-20(22)23-4)18-10-6-16(2)7-11-18/h6-13H,5,14-15H2,1-4H3. The van der Waals surface area contributed by atoms with E-state index in [4.69, 9.17) is 4.74 Å². The lowest BCUT2D eigenvalue weighted by atomic mass is 9.72. The molecule has 0 heterocycles. The zero-order valence-corrected chi connectivity index (χ0v) is 14.6. The molecule has 23 heavy (non-hydrogen) atoms. The Morgan fingerprint density at radius 3 is 2.00 bits per heavy atom. The van der Waals surface area contributed by atoms with E-state index >= 15 is 0 Å². The number of hydrogen-bond donors (Lipinski definition) is 0. The smallest absolute Gasteiger partial charge is 0.305 e. The summed E-state index contributed by atoms with van der Waals surface area (Å²) >= 11 is 0. The second-order valence-electron chi connectivity index (χ2n) is 6.32. The van der Waals surface area contributed by atoms with Crippen LogP contribution < -0.4 is 0 Å². The number of hydrogen-bond acceptors (Lipinski definition) is 2. The molecule has 0 saturated carbocycles. The van der Waals surface area contributed by atoms with Gasteiger partial charge in [0, 0.05) is 11.8 Å². The lowest BCUT2D eigenvalue weighted by molar-refractivity contribution is -0.140. The van der Waals surface area contributed by atoms with Crippen LogP contribution in [0.4, 0.5) is 0 Å². The van der Waals surface area contributed by atoms with Gasteiger partial charge in [0.15, 0.2) is 0 Å². The second-order valence-corrected chi connectivity index (χ2v) is 6.32. The largest absolute Gasteiger partial charge is 0.469 e. The number of ether oxygens (including phenoxy) is 1. The van der Waals surface area contributed by atoms with Gasteiger partial charge in [-0.1, -0.05) is 67.9 Å². The zero-order valence-electron chi connectivity index (χ0n) is 14.6. The van der Waals surface area contributed by atoms with Gasteiger partial charge in [-0.3, -0.25) is 4.79 Å². The number of carbonyl (C=O) groups is 1. The molecule has 0 N–H and O–H groups in total. The Hall–Kier alpha value is -2.09. The van der Waals surface area contributed by atoms with E-state index < -0.39 is 0 Å². The van der Waals surface area contributed by atoms with E-state index in [1.54, 1.807) is 0 Å². The molecule has 0 aliphatic heterocycles. The third-order valence-electron chi connectivity index (χ3n) is 4.74. The first-order chi connectivity index (χ1) is 11.0. The Labute approximate surface area is 139 Å². The minimum absolute atomic E-state index is 0.159. The highest BCUT2D eigenvalue weighted by molar-refractivity contribution is 5.69. The lowest BCUT2D eigenvalue weighted by Gasteiger charge is -2.31. The number of aryl methyl sites for hydroxylation is 2. The molecular formula is C21H26O2. The van der Waals surface area contributed by atoms with Gasteiger partial charge in [-0.2, -0.15) is 0 Å². The number of esters is 1. The van der Waals surface area contributed by atoms with Gasteiger partial charge in [0.1, 0.15) is 0 Å². The minimum Gasteiger partial charge on any atom is -0.469 e. The fourth-order valence-electron chi connectivity index (χ4n) is 2.94. The highest BCUT2D eigenvalue weighted by atomic mass is 16.5. The van der Waals surface area contributed by atoms with Crippen LogP contribution in [0.5, 0.6) is 0 Å². The van der Waals surface area contributed by atoms with Gasteiger partial charge in [-0.05, 0) is 36.5 Å². The highest BCUT2D eigenvalue weighted by Gasteiger charge is 2.29. The topological polar surface area (TPSA) is 26.3 Å².